The number of aryl methyl sites for hydroxylation is 1. The van der Waals surface area contributed by atoms with E-state index in [9.17, 15) is 0 Å². The molecule has 0 fully saturated rings. The lowest BCUT2D eigenvalue weighted by molar-refractivity contribution is 0.291. The van der Waals surface area contributed by atoms with Crippen molar-refractivity contribution in [1.82, 2.24) is 0 Å². The summed E-state index contributed by atoms with van der Waals surface area (Å²) < 4.78 is 5.72. The van der Waals surface area contributed by atoms with Crippen LogP contribution in [0.15, 0.2) is 23.6 Å². The normalized spacial score (nSPS) is 17.6. The Hall–Kier alpha value is -0.700. The summed E-state index contributed by atoms with van der Waals surface area (Å²) in [4.78, 5) is 1.02. The van der Waals surface area contributed by atoms with Crippen molar-refractivity contribution in [3.05, 3.63) is 50.2 Å². The van der Waals surface area contributed by atoms with Crippen molar-refractivity contribution in [2.45, 2.75) is 31.6 Å². The van der Waals surface area contributed by atoms with Crippen molar-refractivity contribution in [3.63, 3.8) is 0 Å². The quantitative estimate of drug-likeness (QED) is 0.642. The highest BCUT2D eigenvalue weighted by atomic mass is 35.5. The van der Waals surface area contributed by atoms with Crippen molar-refractivity contribution < 1.29 is 4.74 Å². The maximum atomic E-state index is 6.63. The number of hydrogen-bond donors (Lipinski definition) is 0. The second-order valence-electron chi connectivity index (χ2n) is 5.89. The van der Waals surface area contributed by atoms with Crippen molar-refractivity contribution in [2.24, 2.45) is 0 Å². The Morgan fingerprint density at radius 1 is 1.35 bits per heavy atom. The van der Waals surface area contributed by atoms with Gasteiger partial charge in [0.05, 0.1) is 17.0 Å². The largest absolute Gasteiger partial charge is 0.492 e. The molecule has 1 aliphatic heterocycles. The molecule has 20 heavy (non-hydrogen) atoms. The standard InChI is InChI=1S/C16H16Cl2OS/c1-9-7-20-15(13(9)17)14(18)10-4-5-12-11(6-10)16(2,3)8-19-12/h4-7,14H,8H2,1-3H3. The van der Waals surface area contributed by atoms with E-state index in [2.05, 4.69) is 19.9 Å². The molecule has 1 unspecified atom stereocenters. The third kappa shape index (κ3) is 2.24. The van der Waals surface area contributed by atoms with Gasteiger partial charge in [0.15, 0.2) is 0 Å². The Kier molecular flexibility index (Phi) is 3.52. The minimum atomic E-state index is -0.206. The van der Waals surface area contributed by atoms with Crippen LogP contribution in [0, 0.1) is 6.92 Å². The second kappa shape index (κ2) is 4.94. The monoisotopic (exact) mass is 326 g/mol. The molecule has 106 valence electrons. The second-order valence-corrected chi connectivity index (χ2v) is 7.61. The number of benzene rings is 1. The number of halogens is 2. The predicted molar refractivity (Wildman–Crippen MR) is 86.7 cm³/mol. The van der Waals surface area contributed by atoms with E-state index >= 15 is 0 Å². The van der Waals surface area contributed by atoms with Crippen molar-refractivity contribution >= 4 is 34.5 Å². The lowest BCUT2D eigenvalue weighted by Crippen LogP contribution is -2.18. The first-order valence-electron chi connectivity index (χ1n) is 6.55. The van der Waals surface area contributed by atoms with Gasteiger partial charge in [0.1, 0.15) is 5.75 Å². The smallest absolute Gasteiger partial charge is 0.123 e. The Labute approximate surface area is 133 Å². The van der Waals surface area contributed by atoms with E-state index in [4.69, 9.17) is 27.9 Å². The number of thiophene rings is 1. The van der Waals surface area contributed by atoms with Crippen LogP contribution >= 0.6 is 34.5 Å². The summed E-state index contributed by atoms with van der Waals surface area (Å²) in [7, 11) is 0. The van der Waals surface area contributed by atoms with Gasteiger partial charge in [-0.1, -0.05) is 31.5 Å². The fraction of sp³-hybridized carbons (Fsp3) is 0.375. The molecule has 2 aromatic rings. The van der Waals surface area contributed by atoms with Gasteiger partial charge in [0.25, 0.3) is 0 Å². The molecule has 0 amide bonds. The summed E-state index contributed by atoms with van der Waals surface area (Å²) in [6.07, 6.45) is 0. The minimum Gasteiger partial charge on any atom is -0.492 e. The van der Waals surface area contributed by atoms with Gasteiger partial charge in [-0.3, -0.25) is 0 Å². The summed E-state index contributed by atoms with van der Waals surface area (Å²) in [5.74, 6) is 0.969. The van der Waals surface area contributed by atoms with E-state index in [1.165, 1.54) is 5.56 Å². The molecule has 0 N–H and O–H groups in total. The van der Waals surface area contributed by atoms with Crippen LogP contribution in [-0.4, -0.2) is 6.61 Å². The minimum absolute atomic E-state index is 0.0388. The average Bonchev–Trinajstić information content (AvgIpc) is 2.91. The van der Waals surface area contributed by atoms with Gasteiger partial charge < -0.3 is 4.74 Å². The fourth-order valence-corrected chi connectivity index (χ4v) is 4.23. The van der Waals surface area contributed by atoms with Gasteiger partial charge >= 0.3 is 0 Å². The molecule has 4 heteroatoms. The molecule has 1 aromatic carbocycles. The molecule has 0 radical (unpaired) electrons. The molecule has 0 bridgehead atoms. The zero-order chi connectivity index (χ0) is 14.5. The first-order valence-corrected chi connectivity index (χ1v) is 8.24. The maximum absolute atomic E-state index is 6.63. The number of fused-ring (bicyclic) bond motifs is 1. The Morgan fingerprint density at radius 3 is 2.75 bits per heavy atom. The zero-order valence-electron chi connectivity index (χ0n) is 11.7. The first kappa shape index (κ1) is 14.2. The highest BCUT2D eigenvalue weighted by Gasteiger charge is 2.32. The van der Waals surface area contributed by atoms with Crippen LogP contribution in [0.25, 0.3) is 0 Å². The summed E-state index contributed by atoms with van der Waals surface area (Å²) in [6, 6.07) is 6.21. The lowest BCUT2D eigenvalue weighted by atomic mass is 9.86. The van der Waals surface area contributed by atoms with E-state index in [0.29, 0.717) is 0 Å². The molecule has 0 spiro atoms. The van der Waals surface area contributed by atoms with Gasteiger partial charge in [0.2, 0.25) is 0 Å². The summed E-state index contributed by atoms with van der Waals surface area (Å²) in [5.41, 5.74) is 3.43. The molecule has 1 atom stereocenters. The van der Waals surface area contributed by atoms with E-state index in [1.54, 1.807) is 11.3 Å². The van der Waals surface area contributed by atoms with Crippen LogP contribution in [0.2, 0.25) is 5.02 Å². The highest BCUT2D eigenvalue weighted by molar-refractivity contribution is 7.11. The van der Waals surface area contributed by atoms with Crippen LogP contribution in [0.5, 0.6) is 5.75 Å². The number of rotatable bonds is 2. The molecule has 1 aliphatic rings. The molecule has 2 heterocycles. The van der Waals surface area contributed by atoms with Gasteiger partial charge in [-0.05, 0) is 35.6 Å². The summed E-state index contributed by atoms with van der Waals surface area (Å²) >= 11 is 14.6. The Bertz CT molecular complexity index is 660. The fourth-order valence-electron chi connectivity index (χ4n) is 2.47. The van der Waals surface area contributed by atoms with Gasteiger partial charge in [-0.2, -0.15) is 0 Å². The molecular weight excluding hydrogens is 311 g/mol. The number of hydrogen-bond acceptors (Lipinski definition) is 2. The molecule has 1 nitrogen and oxygen atoms in total. The summed E-state index contributed by atoms with van der Waals surface area (Å²) in [6.45, 7) is 7.10. The maximum Gasteiger partial charge on any atom is 0.123 e. The average molecular weight is 327 g/mol. The third-order valence-corrected chi connectivity index (χ3v) is 6.15. The van der Waals surface area contributed by atoms with Gasteiger partial charge in [-0.25, -0.2) is 0 Å². The summed E-state index contributed by atoms with van der Waals surface area (Å²) in [5, 5.41) is 2.63. The SMILES string of the molecule is Cc1csc(C(Cl)c2ccc3c(c2)C(C)(C)CO3)c1Cl. The lowest BCUT2D eigenvalue weighted by Gasteiger charge is -2.17. The third-order valence-electron chi connectivity index (χ3n) is 3.77. The van der Waals surface area contributed by atoms with Crippen molar-refractivity contribution in [1.29, 1.82) is 0 Å². The molecule has 0 aliphatic carbocycles. The van der Waals surface area contributed by atoms with E-state index < -0.39 is 0 Å². The topological polar surface area (TPSA) is 9.23 Å². The molecule has 0 saturated heterocycles. The zero-order valence-corrected chi connectivity index (χ0v) is 14.0. The van der Waals surface area contributed by atoms with Crippen LogP contribution in [-0.2, 0) is 5.41 Å². The van der Waals surface area contributed by atoms with E-state index in [0.717, 1.165) is 33.4 Å². The van der Waals surface area contributed by atoms with Gasteiger partial charge in [-0.15, -0.1) is 22.9 Å². The number of alkyl halides is 1. The van der Waals surface area contributed by atoms with Crippen LogP contribution in [0.1, 0.15) is 40.8 Å². The van der Waals surface area contributed by atoms with Crippen LogP contribution in [0.4, 0.5) is 0 Å². The van der Waals surface area contributed by atoms with Crippen LogP contribution in [0.3, 0.4) is 0 Å². The highest BCUT2D eigenvalue weighted by Crippen LogP contribution is 2.44. The van der Waals surface area contributed by atoms with Crippen molar-refractivity contribution in [3.8, 4) is 5.75 Å². The molecule has 1 aromatic heterocycles. The molecule has 0 saturated carbocycles. The Morgan fingerprint density at radius 2 is 2.10 bits per heavy atom. The number of ether oxygens (including phenoxy) is 1. The Balaban J connectivity index is 2.02. The molecular formula is C16H16Cl2OS. The van der Waals surface area contributed by atoms with Crippen LogP contribution < -0.4 is 4.74 Å². The van der Waals surface area contributed by atoms with E-state index in [1.807, 2.05) is 24.4 Å². The van der Waals surface area contributed by atoms with Crippen molar-refractivity contribution in [2.75, 3.05) is 6.61 Å². The predicted octanol–water partition coefficient (Wildman–Crippen LogP) is 5.71. The molecule has 3 rings (SSSR count). The van der Waals surface area contributed by atoms with Gasteiger partial charge in [0, 0.05) is 15.9 Å². The van der Waals surface area contributed by atoms with E-state index in [-0.39, 0.29) is 10.8 Å². The first-order chi connectivity index (χ1) is 9.40.